The van der Waals surface area contributed by atoms with Crippen molar-refractivity contribution in [1.82, 2.24) is 4.98 Å². The maximum absolute atomic E-state index is 10.5. The molecular weight excluding hydrogens is 200 g/mol. The number of nitrogens with zero attached hydrogens (tertiary/aromatic N) is 2. The van der Waals surface area contributed by atoms with Crippen LogP contribution in [0.4, 0.5) is 0 Å². The first-order valence-electron chi connectivity index (χ1n) is 5.28. The second-order valence-corrected chi connectivity index (χ2v) is 4.14. The van der Waals surface area contributed by atoms with Crippen molar-refractivity contribution in [3.63, 3.8) is 0 Å². The molecule has 0 aliphatic heterocycles. The summed E-state index contributed by atoms with van der Waals surface area (Å²) in [4.78, 5) is 18.6. The van der Waals surface area contributed by atoms with E-state index in [-0.39, 0.29) is 5.54 Å². The summed E-state index contributed by atoms with van der Waals surface area (Å²) >= 11 is 0. The Hall–Kier alpha value is -1.99. The van der Waals surface area contributed by atoms with Gasteiger partial charge in [0.25, 0.3) is 0 Å². The molecule has 1 fully saturated rings. The van der Waals surface area contributed by atoms with Gasteiger partial charge in [0, 0.05) is 23.3 Å². The third-order valence-corrected chi connectivity index (χ3v) is 3.15. The van der Waals surface area contributed by atoms with Crippen molar-refractivity contribution in [1.29, 1.82) is 0 Å². The largest absolute Gasteiger partial charge is 0.264 e. The molecule has 0 saturated heterocycles. The van der Waals surface area contributed by atoms with Gasteiger partial charge in [-0.2, -0.15) is 4.99 Å². The maximum atomic E-state index is 10.5. The number of isocyanates is 1. The second-order valence-electron chi connectivity index (χ2n) is 4.14. The second kappa shape index (κ2) is 3.26. The SMILES string of the molecule is O=C=NC1(c2cncc3ccccc23)CC1. The van der Waals surface area contributed by atoms with Crippen LogP contribution in [0.2, 0.25) is 0 Å². The van der Waals surface area contributed by atoms with Crippen LogP contribution in [0.1, 0.15) is 18.4 Å². The first kappa shape index (κ1) is 9.25. The van der Waals surface area contributed by atoms with Crippen molar-refractivity contribution < 1.29 is 4.79 Å². The van der Waals surface area contributed by atoms with Gasteiger partial charge < -0.3 is 0 Å². The fraction of sp³-hybridized carbons (Fsp3) is 0.231. The first-order valence-corrected chi connectivity index (χ1v) is 5.28. The monoisotopic (exact) mass is 210 g/mol. The predicted molar refractivity (Wildman–Crippen MR) is 60.8 cm³/mol. The van der Waals surface area contributed by atoms with E-state index in [4.69, 9.17) is 0 Å². The molecule has 0 radical (unpaired) electrons. The van der Waals surface area contributed by atoms with Gasteiger partial charge in [0.15, 0.2) is 0 Å². The molecule has 0 bridgehead atoms. The van der Waals surface area contributed by atoms with Crippen LogP contribution in [0, 0.1) is 0 Å². The molecule has 3 rings (SSSR count). The van der Waals surface area contributed by atoms with Crippen molar-refractivity contribution in [3.05, 3.63) is 42.2 Å². The third-order valence-electron chi connectivity index (χ3n) is 3.15. The molecule has 1 aromatic carbocycles. The molecule has 3 heteroatoms. The molecular formula is C13H10N2O. The Morgan fingerprint density at radius 1 is 1.25 bits per heavy atom. The summed E-state index contributed by atoms with van der Waals surface area (Å²) in [5.74, 6) is 0. The van der Waals surface area contributed by atoms with Gasteiger partial charge >= 0.3 is 0 Å². The van der Waals surface area contributed by atoms with Crippen LogP contribution in [0.25, 0.3) is 10.8 Å². The highest BCUT2D eigenvalue weighted by Gasteiger charge is 2.46. The maximum Gasteiger partial charge on any atom is 0.235 e. The molecule has 0 amide bonds. The van der Waals surface area contributed by atoms with E-state index in [2.05, 4.69) is 9.98 Å². The van der Waals surface area contributed by atoms with Crippen molar-refractivity contribution in [3.8, 4) is 0 Å². The molecule has 1 aliphatic rings. The summed E-state index contributed by atoms with van der Waals surface area (Å²) < 4.78 is 0. The third kappa shape index (κ3) is 1.26. The van der Waals surface area contributed by atoms with E-state index in [0.717, 1.165) is 29.2 Å². The molecule has 0 spiro atoms. The number of hydrogen-bond acceptors (Lipinski definition) is 3. The fourth-order valence-corrected chi connectivity index (χ4v) is 2.13. The molecule has 78 valence electrons. The fourth-order valence-electron chi connectivity index (χ4n) is 2.13. The summed E-state index contributed by atoms with van der Waals surface area (Å²) in [5, 5.41) is 2.22. The van der Waals surface area contributed by atoms with Gasteiger partial charge in [-0.25, -0.2) is 4.79 Å². The van der Waals surface area contributed by atoms with E-state index in [9.17, 15) is 4.79 Å². The Labute approximate surface area is 92.8 Å². The van der Waals surface area contributed by atoms with Crippen LogP contribution in [0.5, 0.6) is 0 Å². The predicted octanol–water partition coefficient (Wildman–Crippen LogP) is 2.56. The molecule has 0 unspecified atom stereocenters. The standard InChI is InChI=1S/C13H10N2O/c16-9-15-13(5-6-13)12-8-14-7-10-3-1-2-4-11(10)12/h1-4,7-8H,5-6H2. The normalized spacial score (nSPS) is 16.8. The van der Waals surface area contributed by atoms with E-state index < -0.39 is 0 Å². The van der Waals surface area contributed by atoms with E-state index >= 15 is 0 Å². The molecule has 1 aliphatic carbocycles. The zero-order valence-electron chi connectivity index (χ0n) is 8.68. The van der Waals surface area contributed by atoms with E-state index in [1.54, 1.807) is 6.08 Å². The Morgan fingerprint density at radius 2 is 2.06 bits per heavy atom. The Kier molecular flexibility index (Phi) is 1.88. The zero-order chi connectivity index (χ0) is 11.0. The smallest absolute Gasteiger partial charge is 0.235 e. The number of fused-ring (bicyclic) bond motifs is 1. The average molecular weight is 210 g/mol. The van der Waals surface area contributed by atoms with Crippen LogP contribution in [0.15, 0.2) is 41.7 Å². The zero-order valence-corrected chi connectivity index (χ0v) is 8.68. The van der Waals surface area contributed by atoms with Crippen molar-refractivity contribution >= 4 is 16.9 Å². The number of aromatic nitrogens is 1. The highest BCUT2D eigenvalue weighted by molar-refractivity contribution is 5.86. The highest BCUT2D eigenvalue weighted by Crippen LogP contribution is 2.50. The summed E-state index contributed by atoms with van der Waals surface area (Å²) in [6, 6.07) is 8.04. The molecule has 0 atom stereocenters. The molecule has 1 aromatic heterocycles. The summed E-state index contributed by atoms with van der Waals surface area (Å²) in [6.07, 6.45) is 7.16. The number of rotatable bonds is 2. The lowest BCUT2D eigenvalue weighted by molar-refractivity contribution is 0.556. The number of aliphatic imine (C=N–C) groups is 1. The first-order chi connectivity index (χ1) is 7.86. The van der Waals surface area contributed by atoms with Crippen LogP contribution in [-0.2, 0) is 10.3 Å². The molecule has 0 N–H and O–H groups in total. The lowest BCUT2D eigenvalue weighted by Crippen LogP contribution is -2.03. The average Bonchev–Trinajstić information content (AvgIpc) is 3.10. The van der Waals surface area contributed by atoms with Gasteiger partial charge in [-0.15, -0.1) is 0 Å². The number of hydrogen-bond donors (Lipinski definition) is 0. The lowest BCUT2D eigenvalue weighted by atomic mass is 10.0. The van der Waals surface area contributed by atoms with Gasteiger partial charge in [-0.05, 0) is 18.2 Å². The van der Waals surface area contributed by atoms with Crippen molar-refractivity contribution in [2.45, 2.75) is 18.4 Å². The van der Waals surface area contributed by atoms with Gasteiger partial charge in [0.1, 0.15) is 5.54 Å². The van der Waals surface area contributed by atoms with Crippen LogP contribution < -0.4 is 0 Å². The van der Waals surface area contributed by atoms with Crippen LogP contribution in [0.3, 0.4) is 0 Å². The van der Waals surface area contributed by atoms with Gasteiger partial charge in [0.05, 0.1) is 0 Å². The van der Waals surface area contributed by atoms with Crippen LogP contribution >= 0.6 is 0 Å². The Balaban J connectivity index is 2.28. The van der Waals surface area contributed by atoms with E-state index in [1.165, 1.54) is 0 Å². The molecule has 16 heavy (non-hydrogen) atoms. The van der Waals surface area contributed by atoms with Crippen molar-refractivity contribution in [2.24, 2.45) is 4.99 Å². The van der Waals surface area contributed by atoms with Gasteiger partial charge in [-0.1, -0.05) is 24.3 Å². The number of carbonyl (C=O) groups excluding carboxylic acids is 1. The quantitative estimate of drug-likeness (QED) is 0.564. The van der Waals surface area contributed by atoms with Gasteiger partial charge in [-0.3, -0.25) is 4.98 Å². The van der Waals surface area contributed by atoms with E-state index in [1.807, 2.05) is 36.7 Å². The summed E-state index contributed by atoms with van der Waals surface area (Å²) in [5.41, 5.74) is 0.712. The number of pyridine rings is 1. The minimum Gasteiger partial charge on any atom is -0.264 e. The van der Waals surface area contributed by atoms with Crippen LogP contribution in [-0.4, -0.2) is 11.1 Å². The summed E-state index contributed by atoms with van der Waals surface area (Å²) in [6.45, 7) is 0. The molecule has 1 heterocycles. The number of benzene rings is 1. The molecule has 2 aromatic rings. The minimum absolute atomic E-state index is 0.338. The van der Waals surface area contributed by atoms with E-state index in [0.29, 0.717) is 0 Å². The summed E-state index contributed by atoms with van der Waals surface area (Å²) in [7, 11) is 0. The Morgan fingerprint density at radius 3 is 2.81 bits per heavy atom. The molecule has 1 saturated carbocycles. The molecule has 3 nitrogen and oxygen atoms in total. The topological polar surface area (TPSA) is 42.3 Å². The van der Waals surface area contributed by atoms with Crippen molar-refractivity contribution in [2.75, 3.05) is 0 Å². The highest BCUT2D eigenvalue weighted by atomic mass is 16.1. The lowest BCUT2D eigenvalue weighted by Gasteiger charge is -2.10. The van der Waals surface area contributed by atoms with Gasteiger partial charge in [0.2, 0.25) is 6.08 Å². The minimum atomic E-state index is -0.338. The Bertz CT molecular complexity index is 590.